The van der Waals surface area contributed by atoms with Gasteiger partial charge in [-0.1, -0.05) is 17.7 Å². The number of aliphatic carboxylic acids is 1. The minimum atomic E-state index is -0.764. The van der Waals surface area contributed by atoms with Gasteiger partial charge in [-0.25, -0.2) is 0 Å². The fourth-order valence-electron chi connectivity index (χ4n) is 5.51. The van der Waals surface area contributed by atoms with Crippen molar-refractivity contribution >= 4 is 16.9 Å². The van der Waals surface area contributed by atoms with E-state index >= 15 is 0 Å². The van der Waals surface area contributed by atoms with E-state index < -0.39 is 5.97 Å². The molecule has 0 spiro atoms. The number of hydrogen-bond donors (Lipinski definition) is 1. The van der Waals surface area contributed by atoms with Gasteiger partial charge in [0, 0.05) is 60.0 Å². The number of benzene rings is 1. The number of carboxylic acids is 1. The smallest absolute Gasteiger partial charge is 0.304 e. The number of nitrogens with zero attached hydrogens (tertiary/aromatic N) is 3. The van der Waals surface area contributed by atoms with Crippen molar-refractivity contribution in [3.8, 4) is 0 Å². The molecule has 3 atom stereocenters. The van der Waals surface area contributed by atoms with E-state index in [1.165, 1.54) is 40.6 Å². The Hall–Kier alpha value is -2.66. The normalized spacial score (nSPS) is 22.0. The van der Waals surface area contributed by atoms with Gasteiger partial charge in [-0.15, -0.1) is 0 Å². The first kappa shape index (κ1) is 18.4. The lowest BCUT2D eigenvalue weighted by atomic mass is 9.95. The zero-order valence-electron chi connectivity index (χ0n) is 17.0. The van der Waals surface area contributed by atoms with Crippen LogP contribution in [-0.2, 0) is 17.8 Å². The summed E-state index contributed by atoms with van der Waals surface area (Å²) in [6.07, 6.45) is 7.16. The molecule has 1 N–H and O–H groups in total. The van der Waals surface area contributed by atoms with Crippen LogP contribution in [0.4, 0.5) is 0 Å². The summed E-state index contributed by atoms with van der Waals surface area (Å²) in [5, 5.41) is 10.9. The summed E-state index contributed by atoms with van der Waals surface area (Å²) >= 11 is 0. The molecule has 3 unspecified atom stereocenters. The van der Waals surface area contributed by atoms with E-state index in [2.05, 4.69) is 46.6 Å². The molecule has 0 radical (unpaired) electrons. The summed E-state index contributed by atoms with van der Waals surface area (Å²) < 4.78 is 2.42. The number of hydrogen-bond acceptors (Lipinski definition) is 3. The number of rotatable bonds is 5. The first-order valence-corrected chi connectivity index (χ1v) is 10.5. The van der Waals surface area contributed by atoms with Crippen molar-refractivity contribution in [3.63, 3.8) is 0 Å². The number of carboxylic acid groups (broad SMARTS) is 1. The van der Waals surface area contributed by atoms with Gasteiger partial charge in [0.1, 0.15) is 0 Å². The molecule has 0 aliphatic carbocycles. The number of carbonyl (C=O) groups is 1. The van der Waals surface area contributed by atoms with Crippen molar-refractivity contribution in [3.05, 3.63) is 65.1 Å². The van der Waals surface area contributed by atoms with Gasteiger partial charge in [-0.2, -0.15) is 0 Å². The average Bonchev–Trinajstić information content (AvgIpc) is 3.11. The Balaban J connectivity index is 1.65. The molecule has 5 rings (SSSR count). The zero-order chi connectivity index (χ0) is 20.1. The largest absolute Gasteiger partial charge is 0.481 e. The van der Waals surface area contributed by atoms with Crippen LogP contribution < -0.4 is 0 Å². The van der Waals surface area contributed by atoms with Gasteiger partial charge in [0.05, 0.1) is 6.42 Å². The highest BCUT2D eigenvalue weighted by molar-refractivity contribution is 5.87. The summed E-state index contributed by atoms with van der Waals surface area (Å²) in [6, 6.07) is 11.7. The van der Waals surface area contributed by atoms with Crippen LogP contribution >= 0.6 is 0 Å². The van der Waals surface area contributed by atoms with Crippen LogP contribution in [-0.4, -0.2) is 38.6 Å². The third-order valence-electron chi connectivity index (χ3n) is 6.95. The van der Waals surface area contributed by atoms with Crippen molar-refractivity contribution in [1.82, 2.24) is 14.5 Å². The van der Waals surface area contributed by atoms with E-state index in [4.69, 9.17) is 0 Å². The van der Waals surface area contributed by atoms with Crippen LogP contribution in [0, 0.1) is 6.92 Å². The second-order valence-electron chi connectivity index (χ2n) is 8.69. The minimum Gasteiger partial charge on any atom is -0.481 e. The molecule has 5 nitrogen and oxygen atoms in total. The van der Waals surface area contributed by atoms with E-state index in [0.29, 0.717) is 18.6 Å². The molecule has 4 heterocycles. The van der Waals surface area contributed by atoms with Crippen LogP contribution in [0.3, 0.4) is 0 Å². The molecule has 3 aromatic rings. The van der Waals surface area contributed by atoms with Gasteiger partial charge in [-0.05, 0) is 56.1 Å². The predicted octanol–water partition coefficient (Wildman–Crippen LogP) is 4.29. The van der Waals surface area contributed by atoms with Crippen molar-refractivity contribution < 1.29 is 9.90 Å². The summed E-state index contributed by atoms with van der Waals surface area (Å²) in [4.78, 5) is 18.4. The fraction of sp³-hybridized carbons (Fsp3) is 0.417. The predicted molar refractivity (Wildman–Crippen MR) is 113 cm³/mol. The topological polar surface area (TPSA) is 58.4 Å². The second-order valence-corrected chi connectivity index (χ2v) is 8.69. The molecule has 1 saturated heterocycles. The Morgan fingerprint density at radius 1 is 1.31 bits per heavy atom. The van der Waals surface area contributed by atoms with Gasteiger partial charge in [0.2, 0.25) is 0 Å². The maximum atomic E-state index is 11.6. The first-order chi connectivity index (χ1) is 14.0. The molecule has 29 heavy (non-hydrogen) atoms. The van der Waals surface area contributed by atoms with E-state index in [-0.39, 0.29) is 12.3 Å². The molecule has 0 amide bonds. The highest BCUT2D eigenvalue weighted by Crippen LogP contribution is 2.47. The van der Waals surface area contributed by atoms with Gasteiger partial charge in [0.15, 0.2) is 0 Å². The SMILES string of the molecule is Cc1ccc2c(c1)c1c(n2CC(CC(=O)O)c2cccnc2)CC2CCC1N2C. The van der Waals surface area contributed by atoms with Crippen molar-refractivity contribution in [2.24, 2.45) is 0 Å². The summed E-state index contributed by atoms with van der Waals surface area (Å²) in [5.41, 5.74) is 6.39. The standard InChI is InChI=1S/C24H27N3O2/c1-15-5-7-20-19(10-15)24-21-8-6-18(26(21)2)12-22(24)27(20)14-17(11-23(28)29)16-4-3-9-25-13-16/h3-5,7,9-10,13,17-18,21H,6,8,11-12,14H2,1-2H3,(H,28,29). The van der Waals surface area contributed by atoms with E-state index in [1.54, 1.807) is 6.20 Å². The zero-order valence-corrected chi connectivity index (χ0v) is 17.0. The number of aromatic nitrogens is 2. The molecule has 2 aliphatic rings. The van der Waals surface area contributed by atoms with Crippen LogP contribution in [0.25, 0.3) is 10.9 Å². The van der Waals surface area contributed by atoms with Crippen LogP contribution in [0.1, 0.15) is 53.6 Å². The number of pyridine rings is 1. The van der Waals surface area contributed by atoms with Gasteiger partial charge >= 0.3 is 5.97 Å². The number of likely N-dealkylation sites (N-methyl/N-ethyl adjacent to an activating group) is 1. The summed E-state index contributed by atoms with van der Waals surface area (Å²) in [6.45, 7) is 2.83. The van der Waals surface area contributed by atoms with Gasteiger partial charge in [-0.3, -0.25) is 14.7 Å². The lowest BCUT2D eigenvalue weighted by Crippen LogP contribution is -2.35. The van der Waals surface area contributed by atoms with Crippen molar-refractivity contribution in [2.75, 3.05) is 7.05 Å². The summed E-state index contributed by atoms with van der Waals surface area (Å²) in [7, 11) is 2.26. The molecule has 2 aromatic heterocycles. The Bertz CT molecular complexity index is 1070. The molecular weight excluding hydrogens is 362 g/mol. The van der Waals surface area contributed by atoms with E-state index in [9.17, 15) is 9.90 Å². The van der Waals surface area contributed by atoms with Crippen LogP contribution in [0.2, 0.25) is 0 Å². The maximum absolute atomic E-state index is 11.6. The minimum absolute atomic E-state index is 0.0977. The maximum Gasteiger partial charge on any atom is 0.304 e. The molecule has 1 fully saturated rings. The average molecular weight is 389 g/mol. The van der Waals surface area contributed by atoms with E-state index in [1.807, 2.05) is 18.3 Å². The van der Waals surface area contributed by atoms with Crippen molar-refractivity contribution in [2.45, 2.75) is 57.2 Å². The Morgan fingerprint density at radius 3 is 2.93 bits per heavy atom. The molecule has 1 aromatic carbocycles. The van der Waals surface area contributed by atoms with E-state index in [0.717, 1.165) is 12.0 Å². The Morgan fingerprint density at radius 2 is 2.17 bits per heavy atom. The molecular formula is C24H27N3O2. The van der Waals surface area contributed by atoms with Gasteiger partial charge < -0.3 is 9.67 Å². The highest BCUT2D eigenvalue weighted by atomic mass is 16.4. The molecule has 0 saturated carbocycles. The molecule has 150 valence electrons. The molecule has 2 bridgehead atoms. The van der Waals surface area contributed by atoms with Crippen LogP contribution in [0.15, 0.2) is 42.7 Å². The third kappa shape index (κ3) is 3.04. The first-order valence-electron chi connectivity index (χ1n) is 10.5. The molecule has 5 heteroatoms. The van der Waals surface area contributed by atoms with Crippen LogP contribution in [0.5, 0.6) is 0 Å². The van der Waals surface area contributed by atoms with Crippen molar-refractivity contribution in [1.29, 1.82) is 0 Å². The Labute approximate surface area is 171 Å². The monoisotopic (exact) mass is 389 g/mol. The Kier molecular flexibility index (Phi) is 4.43. The summed E-state index contributed by atoms with van der Waals surface area (Å²) in [5.74, 6) is -0.862. The second kappa shape index (κ2) is 6.99. The number of aryl methyl sites for hydroxylation is 1. The fourth-order valence-corrected chi connectivity index (χ4v) is 5.51. The highest BCUT2D eigenvalue weighted by Gasteiger charge is 2.41. The third-order valence-corrected chi connectivity index (χ3v) is 6.95. The lowest BCUT2D eigenvalue weighted by molar-refractivity contribution is -0.137. The number of fused-ring (bicyclic) bond motifs is 6. The lowest BCUT2D eigenvalue weighted by Gasteiger charge is -2.33. The van der Waals surface area contributed by atoms with Gasteiger partial charge in [0.25, 0.3) is 0 Å². The molecule has 2 aliphatic heterocycles. The quantitative estimate of drug-likeness (QED) is 0.707.